The van der Waals surface area contributed by atoms with Crippen LogP contribution in [0.15, 0.2) is 59.6 Å². The summed E-state index contributed by atoms with van der Waals surface area (Å²) in [6.07, 6.45) is 11.8. The molecule has 1 atom stereocenters. The zero-order valence-electron chi connectivity index (χ0n) is 21.4. The summed E-state index contributed by atoms with van der Waals surface area (Å²) in [5, 5.41) is 0.990. The van der Waals surface area contributed by atoms with Crippen LogP contribution in [0.1, 0.15) is 69.4 Å². The number of carbonyl (C=O) groups is 1. The van der Waals surface area contributed by atoms with Crippen LogP contribution in [0, 0.1) is 6.92 Å². The van der Waals surface area contributed by atoms with Gasteiger partial charge in [-0.25, -0.2) is 8.42 Å². The maximum Gasteiger partial charge on any atom is 0.466 e. The summed E-state index contributed by atoms with van der Waals surface area (Å²) in [4.78, 5) is 16.5. The number of sulfonamides is 1. The van der Waals surface area contributed by atoms with Crippen LogP contribution in [-0.2, 0) is 25.9 Å². The van der Waals surface area contributed by atoms with E-state index in [9.17, 15) is 13.2 Å². The van der Waals surface area contributed by atoms with E-state index in [2.05, 4.69) is 11.9 Å². The molecular formula is C28H37BN2O4S. The lowest BCUT2D eigenvalue weighted by molar-refractivity contribution is -0.134. The Kier molecular flexibility index (Phi) is 8.91. The maximum atomic E-state index is 13.8. The average molecular weight is 508 g/mol. The molecule has 192 valence electrons. The Morgan fingerprint density at radius 2 is 1.61 bits per heavy atom. The van der Waals surface area contributed by atoms with E-state index in [1.165, 1.54) is 36.3 Å². The number of fused-ring (bicyclic) bond motifs is 1. The highest BCUT2D eigenvalue weighted by atomic mass is 32.2. The molecule has 0 amide bonds. The van der Waals surface area contributed by atoms with E-state index in [1.54, 1.807) is 24.3 Å². The summed E-state index contributed by atoms with van der Waals surface area (Å²) in [7, 11) is -4.70. The lowest BCUT2D eigenvalue weighted by Crippen LogP contribution is -2.46. The molecule has 3 aromatic rings. The molecule has 0 spiro atoms. The van der Waals surface area contributed by atoms with Crippen LogP contribution in [-0.4, -0.2) is 36.7 Å². The number of para-hydroxylation sites is 1. The van der Waals surface area contributed by atoms with Gasteiger partial charge in [-0.15, -0.1) is 0 Å². The number of hydrogen-bond donors (Lipinski definition) is 1. The number of hydrogen-bond acceptors (Lipinski definition) is 4. The number of rotatable bonds is 13. The van der Waals surface area contributed by atoms with Crippen LogP contribution in [0.2, 0.25) is 6.32 Å². The molecule has 2 heterocycles. The van der Waals surface area contributed by atoms with Crippen molar-refractivity contribution in [1.82, 2.24) is 9.20 Å². The number of aryl methyl sites for hydroxylation is 1. The predicted octanol–water partition coefficient (Wildman–Crippen LogP) is 6.26. The molecule has 1 fully saturated rings. The Bertz CT molecular complexity index is 1260. The molecule has 6 nitrogen and oxygen atoms in total. The van der Waals surface area contributed by atoms with Gasteiger partial charge in [0.1, 0.15) is 6.04 Å². The fraction of sp³-hybridized carbons (Fsp3) is 0.464. The smallest absolute Gasteiger partial charge is 0.466 e. The molecule has 1 aromatic heterocycles. The van der Waals surface area contributed by atoms with Gasteiger partial charge in [0.15, 0.2) is 0 Å². The summed E-state index contributed by atoms with van der Waals surface area (Å²) in [6, 6.07) is 13.7. The maximum absolute atomic E-state index is 13.8. The van der Waals surface area contributed by atoms with E-state index in [-0.39, 0.29) is 11.3 Å². The van der Waals surface area contributed by atoms with Crippen molar-refractivity contribution >= 4 is 33.9 Å². The normalized spacial score (nSPS) is 16.7. The molecular weight excluding hydrogens is 471 g/mol. The minimum atomic E-state index is -3.92. The standard InChI is InChI=1S/C28H37BN2O4S/c1-3-4-5-6-7-8-9-12-19-29-31(36(33,34)24-17-15-22(2)16-18-24)27(28(32)35-29)20-23-21-30-26-14-11-10-13-25(23)26/h10-11,13-18,21,27,30H,3-9,12,19-20H2,1-2H3. The molecule has 0 saturated carbocycles. The van der Waals surface area contributed by atoms with Crippen LogP contribution < -0.4 is 0 Å². The third kappa shape index (κ3) is 6.04. The topological polar surface area (TPSA) is 79.5 Å². The van der Waals surface area contributed by atoms with Gasteiger partial charge in [-0.2, -0.15) is 4.22 Å². The van der Waals surface area contributed by atoms with E-state index in [1.807, 2.05) is 37.4 Å². The van der Waals surface area contributed by atoms with Crippen molar-refractivity contribution in [3.05, 3.63) is 65.9 Å². The van der Waals surface area contributed by atoms with Crippen LogP contribution in [0.5, 0.6) is 0 Å². The summed E-state index contributed by atoms with van der Waals surface area (Å²) in [6.45, 7) is 4.13. The summed E-state index contributed by atoms with van der Waals surface area (Å²) in [5.41, 5.74) is 2.85. The molecule has 0 aliphatic carbocycles. The van der Waals surface area contributed by atoms with E-state index in [4.69, 9.17) is 4.65 Å². The number of benzene rings is 2. The van der Waals surface area contributed by atoms with Gasteiger partial charge in [0.25, 0.3) is 0 Å². The molecule has 36 heavy (non-hydrogen) atoms. The second-order valence-corrected chi connectivity index (χ2v) is 11.7. The average Bonchev–Trinajstić information content (AvgIpc) is 3.42. The number of H-pyrrole nitrogens is 1. The monoisotopic (exact) mass is 508 g/mol. The lowest BCUT2D eigenvalue weighted by Gasteiger charge is -2.23. The quantitative estimate of drug-likeness (QED) is 0.218. The highest BCUT2D eigenvalue weighted by Crippen LogP contribution is 2.32. The Morgan fingerprint density at radius 3 is 2.33 bits per heavy atom. The van der Waals surface area contributed by atoms with Gasteiger partial charge in [0, 0.05) is 23.5 Å². The number of aromatic nitrogens is 1. The van der Waals surface area contributed by atoms with Crippen molar-refractivity contribution in [1.29, 1.82) is 0 Å². The Morgan fingerprint density at radius 1 is 0.944 bits per heavy atom. The molecule has 1 aliphatic rings. The van der Waals surface area contributed by atoms with Crippen LogP contribution in [0.25, 0.3) is 10.9 Å². The second kappa shape index (κ2) is 12.1. The molecule has 1 N–H and O–H groups in total. The zero-order valence-corrected chi connectivity index (χ0v) is 22.2. The van der Waals surface area contributed by atoms with Gasteiger partial charge in [0.05, 0.1) is 4.90 Å². The summed E-state index contributed by atoms with van der Waals surface area (Å²) in [5.74, 6) is -0.472. The number of aromatic amines is 1. The Labute approximate surface area is 215 Å². The number of unbranched alkanes of at least 4 members (excludes halogenated alkanes) is 7. The van der Waals surface area contributed by atoms with Crippen molar-refractivity contribution in [3.63, 3.8) is 0 Å². The lowest BCUT2D eigenvalue weighted by atomic mass is 9.76. The highest BCUT2D eigenvalue weighted by Gasteiger charge is 2.52. The largest absolute Gasteiger partial charge is 0.518 e. The third-order valence-electron chi connectivity index (χ3n) is 7.10. The predicted molar refractivity (Wildman–Crippen MR) is 145 cm³/mol. The van der Waals surface area contributed by atoms with Gasteiger partial charge in [0.2, 0.25) is 10.0 Å². The van der Waals surface area contributed by atoms with E-state index < -0.39 is 29.1 Å². The van der Waals surface area contributed by atoms with Gasteiger partial charge < -0.3 is 9.64 Å². The van der Waals surface area contributed by atoms with Crippen molar-refractivity contribution in [2.45, 2.75) is 88.9 Å². The molecule has 8 heteroatoms. The molecule has 1 saturated heterocycles. The molecule has 1 aliphatic heterocycles. The van der Waals surface area contributed by atoms with Gasteiger partial charge >= 0.3 is 13.0 Å². The first-order valence-corrected chi connectivity index (χ1v) is 14.7. The molecule has 2 aromatic carbocycles. The van der Waals surface area contributed by atoms with Gasteiger partial charge in [-0.1, -0.05) is 94.2 Å². The van der Waals surface area contributed by atoms with Crippen molar-refractivity contribution in [3.8, 4) is 0 Å². The first kappa shape index (κ1) is 26.5. The number of nitrogens with zero attached hydrogens (tertiary/aromatic N) is 1. The molecule has 4 rings (SSSR count). The van der Waals surface area contributed by atoms with E-state index in [0.29, 0.717) is 6.32 Å². The first-order chi connectivity index (χ1) is 17.4. The van der Waals surface area contributed by atoms with Gasteiger partial charge in [-0.05, 0) is 37.0 Å². The van der Waals surface area contributed by atoms with Crippen molar-refractivity contribution < 1.29 is 17.9 Å². The van der Waals surface area contributed by atoms with E-state index in [0.717, 1.165) is 41.3 Å². The fourth-order valence-corrected chi connectivity index (χ4v) is 6.72. The molecule has 1 unspecified atom stereocenters. The zero-order chi connectivity index (χ0) is 25.5. The SMILES string of the molecule is CCCCCCCCCCB1OC(=O)C(Cc2c[nH]c3ccccc23)N1S(=O)(=O)c1ccc(C)cc1. The van der Waals surface area contributed by atoms with Crippen LogP contribution >= 0.6 is 0 Å². The van der Waals surface area contributed by atoms with Crippen LogP contribution in [0.3, 0.4) is 0 Å². The minimum absolute atomic E-state index is 0.191. The first-order valence-electron chi connectivity index (χ1n) is 13.3. The summed E-state index contributed by atoms with van der Waals surface area (Å²) < 4.78 is 34.7. The summed E-state index contributed by atoms with van der Waals surface area (Å²) >= 11 is 0. The Balaban J connectivity index is 1.52. The molecule has 0 bridgehead atoms. The third-order valence-corrected chi connectivity index (χ3v) is 9.02. The van der Waals surface area contributed by atoms with Gasteiger partial charge in [-0.3, -0.25) is 4.79 Å². The van der Waals surface area contributed by atoms with Crippen LogP contribution in [0.4, 0.5) is 0 Å². The second-order valence-electron chi connectivity index (χ2n) is 9.88. The fourth-order valence-electron chi connectivity index (χ4n) is 5.04. The van der Waals surface area contributed by atoms with Crippen molar-refractivity contribution in [2.75, 3.05) is 0 Å². The van der Waals surface area contributed by atoms with Crippen molar-refractivity contribution in [2.24, 2.45) is 0 Å². The molecule has 0 radical (unpaired) electrons. The minimum Gasteiger partial charge on any atom is -0.518 e. The van der Waals surface area contributed by atoms with E-state index >= 15 is 0 Å². The Hall–Kier alpha value is -2.58. The highest BCUT2D eigenvalue weighted by molar-refractivity contribution is 7.90. The number of nitrogens with one attached hydrogen (secondary N) is 1. The number of carbonyl (C=O) groups excluding carboxylic acids is 1.